The van der Waals surface area contributed by atoms with Gasteiger partial charge >= 0.3 is 31.1 Å². The Bertz CT molecular complexity index is 380. The topological polar surface area (TPSA) is 120 Å². The zero-order chi connectivity index (χ0) is 14.0. The van der Waals surface area contributed by atoms with E-state index >= 15 is 0 Å². The number of alkyl halides is 6. The van der Waals surface area contributed by atoms with Crippen LogP contribution >= 0.6 is 0 Å². The molecule has 0 aromatic heterocycles. The Morgan fingerprint density at radius 2 is 0.706 bits per heavy atom. The van der Waals surface area contributed by atoms with Crippen molar-refractivity contribution in [2.24, 2.45) is 10.3 Å². The van der Waals surface area contributed by atoms with Gasteiger partial charge in [-0.25, -0.2) is 27.1 Å². The minimum Gasteiger partial charge on any atom is -0.221 e. The zero-order valence-corrected chi connectivity index (χ0v) is 9.50. The molecular formula is C2H4F6LiN2O4S2. The van der Waals surface area contributed by atoms with Gasteiger partial charge in [-0.3, -0.25) is 0 Å². The first-order valence-corrected chi connectivity index (χ1v) is 5.77. The van der Waals surface area contributed by atoms with Crippen molar-refractivity contribution in [1.82, 2.24) is 0 Å². The fraction of sp³-hybridized carbons (Fsp3) is 1.00. The molecule has 15 heteroatoms. The molecule has 0 heterocycles. The summed E-state index contributed by atoms with van der Waals surface area (Å²) >= 11 is 0. The molecule has 4 N–H and O–H groups in total. The van der Waals surface area contributed by atoms with Crippen LogP contribution in [0.4, 0.5) is 26.3 Å². The monoisotopic (exact) mass is 305 g/mol. The molecule has 0 saturated carbocycles. The number of rotatable bonds is 0. The van der Waals surface area contributed by atoms with Crippen LogP contribution in [-0.4, -0.2) is 46.7 Å². The largest absolute Gasteiger partial charge is 0.511 e. The fourth-order valence-corrected chi connectivity index (χ4v) is 0. The van der Waals surface area contributed by atoms with Crippen LogP contribution < -0.4 is 10.3 Å². The Kier molecular flexibility index (Phi) is 8.16. The Labute approximate surface area is 104 Å². The van der Waals surface area contributed by atoms with Crippen molar-refractivity contribution in [3.05, 3.63) is 0 Å². The molecule has 0 saturated heterocycles. The summed E-state index contributed by atoms with van der Waals surface area (Å²) in [4.78, 5) is 0. The molecule has 6 nitrogen and oxygen atoms in total. The van der Waals surface area contributed by atoms with Crippen molar-refractivity contribution >= 4 is 38.9 Å². The number of sulfonamides is 2. The number of hydrogen-bond donors (Lipinski definition) is 2. The second-order valence-corrected chi connectivity index (χ2v) is 5.09. The molecule has 0 atom stereocenters. The van der Waals surface area contributed by atoms with Gasteiger partial charge in [-0.1, -0.05) is 0 Å². The number of primary sulfonamides is 2. The Hall–Kier alpha value is -0.00260. The summed E-state index contributed by atoms with van der Waals surface area (Å²) in [6.45, 7) is 0. The maximum Gasteiger partial charge on any atom is 0.511 e. The predicted molar refractivity (Wildman–Crippen MR) is 44.1 cm³/mol. The first-order chi connectivity index (χ1) is 6.50. The summed E-state index contributed by atoms with van der Waals surface area (Å²) in [6.07, 6.45) is 0. The van der Waals surface area contributed by atoms with E-state index < -0.39 is 31.1 Å². The van der Waals surface area contributed by atoms with Crippen molar-refractivity contribution in [2.75, 3.05) is 0 Å². The van der Waals surface area contributed by atoms with Gasteiger partial charge in [0.05, 0.1) is 0 Å². The number of nitrogens with two attached hydrogens (primary N) is 2. The van der Waals surface area contributed by atoms with E-state index in [2.05, 4.69) is 10.3 Å². The van der Waals surface area contributed by atoms with E-state index in [4.69, 9.17) is 0 Å². The van der Waals surface area contributed by atoms with E-state index in [1.807, 2.05) is 0 Å². The summed E-state index contributed by atoms with van der Waals surface area (Å²) in [5.41, 5.74) is -10.6. The molecule has 0 bridgehead atoms. The third kappa shape index (κ3) is 9.68. The van der Waals surface area contributed by atoms with Gasteiger partial charge < -0.3 is 0 Å². The average molecular weight is 305 g/mol. The second kappa shape index (κ2) is 6.25. The molecule has 0 spiro atoms. The maximum atomic E-state index is 10.8. The summed E-state index contributed by atoms with van der Waals surface area (Å²) < 4.78 is 102. The maximum absolute atomic E-state index is 10.8. The first kappa shape index (κ1) is 22.2. The third-order valence-electron chi connectivity index (χ3n) is 0.645. The molecule has 0 aromatic carbocycles. The first-order valence-electron chi connectivity index (χ1n) is 2.68. The standard InChI is InChI=1S/2CH2F3NO2S.Li/c2*2-1(3,4)8(5,6)7;/h2*(H2,5,6,7);. The van der Waals surface area contributed by atoms with Crippen LogP contribution in [0, 0.1) is 0 Å². The van der Waals surface area contributed by atoms with Crippen molar-refractivity contribution in [1.29, 1.82) is 0 Å². The molecule has 17 heavy (non-hydrogen) atoms. The van der Waals surface area contributed by atoms with Gasteiger partial charge in [-0.15, -0.1) is 0 Å². The van der Waals surface area contributed by atoms with Crippen LogP contribution in [-0.2, 0) is 20.0 Å². The Balaban J connectivity index is -0.000000218. The van der Waals surface area contributed by atoms with Gasteiger partial charge in [0.2, 0.25) is 0 Å². The van der Waals surface area contributed by atoms with Crippen LogP contribution in [0.3, 0.4) is 0 Å². The van der Waals surface area contributed by atoms with E-state index in [1.165, 1.54) is 0 Å². The van der Waals surface area contributed by atoms with E-state index in [1.54, 1.807) is 0 Å². The average Bonchev–Trinajstić information content (AvgIpc) is 1.77. The normalized spacial score (nSPS) is 13.2. The molecule has 0 unspecified atom stereocenters. The van der Waals surface area contributed by atoms with Gasteiger partial charge in [0.25, 0.3) is 0 Å². The molecule has 0 aliphatic carbocycles. The zero-order valence-electron chi connectivity index (χ0n) is 7.87. The fourth-order valence-electron chi connectivity index (χ4n) is 0. The molecule has 101 valence electrons. The Morgan fingerprint density at radius 1 is 0.647 bits per heavy atom. The van der Waals surface area contributed by atoms with Gasteiger partial charge in [0.15, 0.2) is 0 Å². The van der Waals surface area contributed by atoms with Crippen LogP contribution in [0.15, 0.2) is 0 Å². The van der Waals surface area contributed by atoms with Crippen molar-refractivity contribution in [2.45, 2.75) is 11.0 Å². The van der Waals surface area contributed by atoms with E-state index in [-0.39, 0.29) is 18.9 Å². The SMILES string of the molecule is NS(=O)(=O)C(F)(F)F.NS(=O)(=O)C(F)(F)F.[Li]. The molecule has 0 aliphatic heterocycles. The van der Waals surface area contributed by atoms with E-state index in [9.17, 15) is 43.2 Å². The minimum atomic E-state index is -5.34. The molecular weight excluding hydrogens is 301 g/mol. The Morgan fingerprint density at radius 3 is 0.706 bits per heavy atom. The quantitative estimate of drug-likeness (QED) is 0.450. The van der Waals surface area contributed by atoms with Crippen LogP contribution in [0.2, 0.25) is 0 Å². The van der Waals surface area contributed by atoms with Crippen molar-refractivity contribution in [3.63, 3.8) is 0 Å². The van der Waals surface area contributed by atoms with Gasteiger partial charge in [0, 0.05) is 18.9 Å². The summed E-state index contributed by atoms with van der Waals surface area (Å²) in [7, 11) is -10.7. The van der Waals surface area contributed by atoms with Gasteiger partial charge in [0.1, 0.15) is 0 Å². The predicted octanol–water partition coefficient (Wildman–Crippen LogP) is -0.791. The molecule has 0 aromatic rings. The van der Waals surface area contributed by atoms with Crippen molar-refractivity contribution in [3.8, 4) is 0 Å². The molecule has 0 aliphatic rings. The number of halogens is 6. The van der Waals surface area contributed by atoms with Crippen molar-refractivity contribution < 1.29 is 43.2 Å². The summed E-state index contributed by atoms with van der Waals surface area (Å²) in [6, 6.07) is 0. The van der Waals surface area contributed by atoms with E-state index in [0.717, 1.165) is 0 Å². The molecule has 0 fully saturated rings. The molecule has 1 radical (unpaired) electrons. The van der Waals surface area contributed by atoms with Crippen LogP contribution in [0.25, 0.3) is 0 Å². The van der Waals surface area contributed by atoms with Crippen LogP contribution in [0.1, 0.15) is 0 Å². The third-order valence-corrected chi connectivity index (χ3v) is 1.94. The smallest absolute Gasteiger partial charge is 0.221 e. The van der Waals surface area contributed by atoms with Crippen LogP contribution in [0.5, 0.6) is 0 Å². The van der Waals surface area contributed by atoms with Gasteiger partial charge in [-0.2, -0.15) is 26.3 Å². The van der Waals surface area contributed by atoms with Gasteiger partial charge in [-0.05, 0) is 0 Å². The minimum absolute atomic E-state index is 0. The number of hydrogen-bond acceptors (Lipinski definition) is 4. The molecule has 0 amide bonds. The summed E-state index contributed by atoms with van der Waals surface area (Å²) in [5, 5.41) is 7.32. The van der Waals surface area contributed by atoms with E-state index in [0.29, 0.717) is 0 Å². The summed E-state index contributed by atoms with van der Waals surface area (Å²) in [5.74, 6) is 0. The molecule has 0 rings (SSSR count). The second-order valence-electron chi connectivity index (χ2n) is 1.98.